The Morgan fingerprint density at radius 1 is 0.943 bits per heavy atom. The van der Waals surface area contributed by atoms with E-state index in [4.69, 9.17) is 9.47 Å². The van der Waals surface area contributed by atoms with Crippen LogP contribution in [0.5, 0.6) is 11.5 Å². The van der Waals surface area contributed by atoms with Crippen LogP contribution in [0.2, 0.25) is 0 Å². The number of nitrogens with zero attached hydrogens (tertiary/aromatic N) is 1. The van der Waals surface area contributed by atoms with Crippen LogP contribution in [-0.2, 0) is 11.4 Å². The molecule has 5 nitrogen and oxygen atoms in total. The Hall–Kier alpha value is -4.03. The van der Waals surface area contributed by atoms with E-state index in [2.05, 4.69) is 34.6 Å². The lowest BCUT2D eigenvalue weighted by Gasteiger charge is -2.13. The van der Waals surface area contributed by atoms with Crippen molar-refractivity contribution in [3.05, 3.63) is 107 Å². The molecule has 0 aliphatic carbocycles. The molecule has 1 heterocycles. The maximum atomic E-state index is 12.5. The summed E-state index contributed by atoms with van der Waals surface area (Å²) >= 11 is 1.32. The first-order valence-corrected chi connectivity index (χ1v) is 12.0. The fraction of sp³-hybridized carbons (Fsp3) is 0.103. The normalized spacial score (nSPS) is 15.5. The zero-order chi connectivity index (χ0) is 24.2. The van der Waals surface area contributed by atoms with Gasteiger partial charge in [0.2, 0.25) is 0 Å². The number of amidine groups is 1. The second-order valence-electron chi connectivity index (χ2n) is 8.16. The third-order valence-electron chi connectivity index (χ3n) is 5.63. The van der Waals surface area contributed by atoms with Gasteiger partial charge in [0.15, 0.2) is 16.7 Å². The van der Waals surface area contributed by atoms with Gasteiger partial charge in [-0.15, -0.1) is 0 Å². The van der Waals surface area contributed by atoms with Crippen molar-refractivity contribution in [1.29, 1.82) is 0 Å². The number of aryl methyl sites for hydroxylation is 1. The molecule has 1 saturated heterocycles. The summed E-state index contributed by atoms with van der Waals surface area (Å²) in [6, 6.07) is 28.0. The maximum Gasteiger partial charge on any atom is 0.264 e. The number of ether oxygens (including phenoxy) is 2. The topological polar surface area (TPSA) is 59.9 Å². The van der Waals surface area contributed by atoms with E-state index in [1.54, 1.807) is 7.11 Å². The zero-order valence-corrected chi connectivity index (χ0v) is 20.3. The van der Waals surface area contributed by atoms with Gasteiger partial charge in [0.1, 0.15) is 6.61 Å². The Balaban J connectivity index is 1.33. The number of fused-ring (bicyclic) bond motifs is 1. The van der Waals surface area contributed by atoms with Gasteiger partial charge >= 0.3 is 0 Å². The molecule has 0 atom stereocenters. The number of hydrogen-bond acceptors (Lipinski definition) is 5. The highest BCUT2D eigenvalue weighted by molar-refractivity contribution is 8.18. The van der Waals surface area contributed by atoms with Gasteiger partial charge in [-0.1, -0.05) is 60.7 Å². The molecule has 0 saturated carbocycles. The number of methoxy groups -OCH3 is 1. The predicted molar refractivity (Wildman–Crippen MR) is 143 cm³/mol. The van der Waals surface area contributed by atoms with E-state index >= 15 is 0 Å². The van der Waals surface area contributed by atoms with Crippen molar-refractivity contribution >= 4 is 45.4 Å². The number of carbonyl (C=O) groups is 1. The number of rotatable bonds is 6. The quantitative estimate of drug-likeness (QED) is 0.315. The molecular formula is C29H24N2O3S. The number of benzene rings is 4. The van der Waals surface area contributed by atoms with E-state index in [9.17, 15) is 4.79 Å². The minimum absolute atomic E-state index is 0.170. The second-order valence-corrected chi connectivity index (χ2v) is 9.19. The van der Waals surface area contributed by atoms with Gasteiger partial charge in [0.25, 0.3) is 5.91 Å². The van der Waals surface area contributed by atoms with Gasteiger partial charge in [-0.3, -0.25) is 4.79 Å². The number of nitrogens with one attached hydrogen (secondary N) is 1. The van der Waals surface area contributed by atoms with E-state index in [1.807, 2.05) is 73.7 Å². The summed E-state index contributed by atoms with van der Waals surface area (Å²) in [4.78, 5) is 17.6. The molecule has 4 aromatic rings. The summed E-state index contributed by atoms with van der Waals surface area (Å²) in [7, 11) is 1.61. The molecular weight excluding hydrogens is 456 g/mol. The number of carbonyl (C=O) groups excluding carboxylic acids is 1. The molecule has 35 heavy (non-hydrogen) atoms. The van der Waals surface area contributed by atoms with E-state index in [1.165, 1.54) is 22.5 Å². The molecule has 174 valence electrons. The van der Waals surface area contributed by atoms with E-state index in [-0.39, 0.29) is 5.91 Å². The van der Waals surface area contributed by atoms with Crippen LogP contribution < -0.4 is 14.8 Å². The maximum absolute atomic E-state index is 12.5. The summed E-state index contributed by atoms with van der Waals surface area (Å²) in [5.74, 6) is 1.08. The predicted octanol–water partition coefficient (Wildman–Crippen LogP) is 6.63. The summed E-state index contributed by atoms with van der Waals surface area (Å²) in [5, 5.41) is 5.75. The fourth-order valence-corrected chi connectivity index (χ4v) is 4.76. The summed E-state index contributed by atoms with van der Waals surface area (Å²) < 4.78 is 11.7. The Bertz CT molecular complexity index is 1470. The molecule has 0 aromatic heterocycles. The molecule has 1 N–H and O–H groups in total. The van der Waals surface area contributed by atoms with Crippen LogP contribution in [0, 0.1) is 6.92 Å². The minimum Gasteiger partial charge on any atom is -0.493 e. The molecule has 1 aliphatic rings. The van der Waals surface area contributed by atoms with Crippen LogP contribution in [0.3, 0.4) is 0 Å². The summed E-state index contributed by atoms with van der Waals surface area (Å²) in [6.07, 6.45) is 1.83. The first-order valence-electron chi connectivity index (χ1n) is 11.2. The molecule has 0 unspecified atom stereocenters. The smallest absolute Gasteiger partial charge is 0.264 e. The molecule has 1 amide bonds. The molecule has 0 bridgehead atoms. The average Bonchev–Trinajstić information content (AvgIpc) is 3.21. The van der Waals surface area contributed by atoms with Gasteiger partial charge in [0, 0.05) is 0 Å². The van der Waals surface area contributed by atoms with Crippen molar-refractivity contribution in [2.75, 3.05) is 7.11 Å². The molecule has 0 spiro atoms. The first-order chi connectivity index (χ1) is 17.1. The standard InChI is InChI=1S/C29H24N2O3S/c1-19-7-5-11-23(15-19)30-29-31-28(32)27(35-29)17-20-13-14-25(26(16-20)33-2)34-18-22-10-6-9-21-8-3-4-12-24(21)22/h3-17H,18H2,1-2H3,(H,30,31,32). The number of amides is 1. The third-order valence-corrected chi connectivity index (χ3v) is 6.54. The zero-order valence-electron chi connectivity index (χ0n) is 19.4. The number of hydrogen-bond donors (Lipinski definition) is 1. The number of aliphatic imine (C=N–C) groups is 1. The van der Waals surface area contributed by atoms with Crippen LogP contribution in [-0.4, -0.2) is 18.2 Å². The van der Waals surface area contributed by atoms with Crippen LogP contribution >= 0.6 is 11.8 Å². The lowest BCUT2D eigenvalue weighted by Crippen LogP contribution is -2.19. The van der Waals surface area contributed by atoms with Crippen LogP contribution in [0.4, 0.5) is 5.69 Å². The van der Waals surface area contributed by atoms with Crippen LogP contribution in [0.15, 0.2) is 94.8 Å². The highest BCUT2D eigenvalue weighted by atomic mass is 32.2. The average molecular weight is 481 g/mol. The van der Waals surface area contributed by atoms with Gasteiger partial charge in [-0.25, -0.2) is 4.99 Å². The first kappa shape index (κ1) is 22.7. The van der Waals surface area contributed by atoms with Crippen molar-refractivity contribution in [3.8, 4) is 11.5 Å². The largest absolute Gasteiger partial charge is 0.493 e. The van der Waals surface area contributed by atoms with Gasteiger partial charge < -0.3 is 14.8 Å². The number of thioether (sulfide) groups is 1. The fourth-order valence-electron chi connectivity index (χ4n) is 3.91. The molecule has 1 aliphatic heterocycles. The van der Waals surface area contributed by atoms with Crippen molar-refractivity contribution < 1.29 is 14.3 Å². The van der Waals surface area contributed by atoms with Crippen molar-refractivity contribution in [2.45, 2.75) is 13.5 Å². The van der Waals surface area contributed by atoms with Gasteiger partial charge in [-0.05, 0) is 76.5 Å². The summed E-state index contributed by atoms with van der Waals surface area (Å²) in [6.45, 7) is 2.44. The Labute approximate surface area is 208 Å². The molecule has 1 fully saturated rings. The van der Waals surface area contributed by atoms with Crippen molar-refractivity contribution in [2.24, 2.45) is 4.99 Å². The highest BCUT2D eigenvalue weighted by Crippen LogP contribution is 2.33. The van der Waals surface area contributed by atoms with E-state index < -0.39 is 0 Å². The van der Waals surface area contributed by atoms with Crippen molar-refractivity contribution in [3.63, 3.8) is 0 Å². The van der Waals surface area contributed by atoms with Crippen molar-refractivity contribution in [1.82, 2.24) is 5.32 Å². The third kappa shape index (κ3) is 5.23. The Morgan fingerprint density at radius 2 is 1.77 bits per heavy atom. The molecule has 0 radical (unpaired) electrons. The van der Waals surface area contributed by atoms with Crippen LogP contribution in [0.1, 0.15) is 16.7 Å². The summed E-state index contributed by atoms with van der Waals surface area (Å²) in [5.41, 5.74) is 3.87. The Morgan fingerprint density at radius 3 is 2.63 bits per heavy atom. The lowest BCUT2D eigenvalue weighted by molar-refractivity contribution is -0.115. The highest BCUT2D eigenvalue weighted by Gasteiger charge is 2.24. The molecule has 4 aromatic carbocycles. The molecule has 5 rings (SSSR count). The Kier molecular flexibility index (Phi) is 6.55. The minimum atomic E-state index is -0.170. The SMILES string of the molecule is COc1cc(C=C2SC(=Nc3cccc(C)c3)NC2=O)ccc1OCc1cccc2ccccc12. The van der Waals surface area contributed by atoms with Crippen LogP contribution in [0.25, 0.3) is 16.8 Å². The van der Waals surface area contributed by atoms with E-state index in [0.29, 0.717) is 28.2 Å². The van der Waals surface area contributed by atoms with E-state index in [0.717, 1.165) is 22.4 Å². The lowest BCUT2D eigenvalue weighted by atomic mass is 10.1. The second kappa shape index (κ2) is 10.1. The van der Waals surface area contributed by atoms with Gasteiger partial charge in [0.05, 0.1) is 17.7 Å². The van der Waals surface area contributed by atoms with Gasteiger partial charge in [-0.2, -0.15) is 0 Å². The molecule has 6 heteroatoms. The monoisotopic (exact) mass is 480 g/mol.